The maximum Gasteiger partial charge on any atom is 0.253 e. The van der Waals surface area contributed by atoms with Crippen LogP contribution in [0.25, 0.3) is 10.9 Å². The van der Waals surface area contributed by atoms with Gasteiger partial charge in [0.2, 0.25) is 0 Å². The van der Waals surface area contributed by atoms with Crippen molar-refractivity contribution in [3.05, 3.63) is 70.4 Å². The molecule has 0 radical (unpaired) electrons. The number of nitrogens with one attached hydrogen (secondary N) is 1. The second kappa shape index (κ2) is 7.20. The van der Waals surface area contributed by atoms with Crippen LogP contribution in [0.5, 0.6) is 0 Å². The van der Waals surface area contributed by atoms with Crippen LogP contribution in [0.15, 0.2) is 42.5 Å². The molecule has 1 fully saturated rings. The molecule has 1 aliphatic rings. The number of aliphatic hydroxyl groups excluding tert-OH is 1. The monoisotopic (exact) mass is 362 g/mol. The van der Waals surface area contributed by atoms with Gasteiger partial charge >= 0.3 is 0 Å². The van der Waals surface area contributed by atoms with E-state index in [1.807, 2.05) is 35.2 Å². The Labute approximate surface area is 159 Å². The number of rotatable bonds is 4. The summed E-state index contributed by atoms with van der Waals surface area (Å²) in [4.78, 5) is 18.3. The molecule has 4 rings (SSSR count). The SMILES string of the molecule is Cc1[nH]c2ccc(C(=O)N3CCC(Cc4cccc(CO)c4)C3)cc2c1C. The van der Waals surface area contributed by atoms with E-state index in [0.29, 0.717) is 5.92 Å². The first-order chi connectivity index (χ1) is 13.0. The molecule has 0 aliphatic carbocycles. The van der Waals surface area contributed by atoms with Crippen molar-refractivity contribution in [2.75, 3.05) is 13.1 Å². The number of carbonyl (C=O) groups excluding carboxylic acids is 1. The van der Waals surface area contributed by atoms with Crippen molar-refractivity contribution in [1.82, 2.24) is 9.88 Å². The number of amides is 1. The second-order valence-corrected chi connectivity index (χ2v) is 7.72. The maximum absolute atomic E-state index is 13.0. The van der Waals surface area contributed by atoms with Crippen LogP contribution < -0.4 is 0 Å². The normalized spacial score (nSPS) is 17.0. The smallest absolute Gasteiger partial charge is 0.253 e. The molecule has 1 amide bonds. The molecule has 140 valence electrons. The first kappa shape index (κ1) is 17.8. The molecule has 1 aliphatic heterocycles. The Morgan fingerprint density at radius 1 is 1.19 bits per heavy atom. The number of hydrogen-bond acceptors (Lipinski definition) is 2. The summed E-state index contributed by atoms with van der Waals surface area (Å²) in [7, 11) is 0. The fourth-order valence-corrected chi connectivity index (χ4v) is 4.15. The number of H-pyrrole nitrogens is 1. The Bertz CT molecular complexity index is 989. The predicted molar refractivity (Wildman–Crippen MR) is 108 cm³/mol. The average molecular weight is 362 g/mol. The summed E-state index contributed by atoms with van der Waals surface area (Å²) >= 11 is 0. The van der Waals surface area contributed by atoms with Crippen molar-refractivity contribution in [2.24, 2.45) is 5.92 Å². The van der Waals surface area contributed by atoms with Gasteiger partial charge in [-0.15, -0.1) is 0 Å². The van der Waals surface area contributed by atoms with E-state index >= 15 is 0 Å². The van der Waals surface area contributed by atoms with Gasteiger partial charge in [-0.2, -0.15) is 0 Å². The molecular formula is C23H26N2O2. The van der Waals surface area contributed by atoms with Crippen molar-refractivity contribution in [1.29, 1.82) is 0 Å². The lowest BCUT2D eigenvalue weighted by molar-refractivity contribution is 0.0787. The van der Waals surface area contributed by atoms with E-state index in [4.69, 9.17) is 0 Å². The fourth-order valence-electron chi connectivity index (χ4n) is 4.15. The van der Waals surface area contributed by atoms with Gasteiger partial charge in [0, 0.05) is 35.2 Å². The topological polar surface area (TPSA) is 56.3 Å². The minimum Gasteiger partial charge on any atom is -0.392 e. The summed E-state index contributed by atoms with van der Waals surface area (Å²) in [5.74, 6) is 0.602. The molecule has 27 heavy (non-hydrogen) atoms. The van der Waals surface area contributed by atoms with Gasteiger partial charge in [0.15, 0.2) is 0 Å². The van der Waals surface area contributed by atoms with Crippen LogP contribution >= 0.6 is 0 Å². The minimum absolute atomic E-state index is 0.0731. The molecule has 0 saturated carbocycles. The highest BCUT2D eigenvalue weighted by Gasteiger charge is 2.27. The number of aromatic amines is 1. The second-order valence-electron chi connectivity index (χ2n) is 7.72. The summed E-state index contributed by atoms with van der Waals surface area (Å²) in [6.45, 7) is 5.84. The lowest BCUT2D eigenvalue weighted by Crippen LogP contribution is -2.28. The van der Waals surface area contributed by atoms with Crippen molar-refractivity contribution in [2.45, 2.75) is 33.3 Å². The molecule has 1 aromatic heterocycles. The number of nitrogens with zero attached hydrogens (tertiary/aromatic N) is 1. The highest BCUT2D eigenvalue weighted by Crippen LogP contribution is 2.26. The summed E-state index contributed by atoms with van der Waals surface area (Å²) in [6, 6.07) is 14.1. The zero-order valence-corrected chi connectivity index (χ0v) is 16.0. The van der Waals surface area contributed by atoms with Gasteiger partial charge in [-0.1, -0.05) is 24.3 Å². The summed E-state index contributed by atoms with van der Waals surface area (Å²) in [5, 5.41) is 10.4. The van der Waals surface area contributed by atoms with E-state index in [1.54, 1.807) is 0 Å². The lowest BCUT2D eigenvalue weighted by Gasteiger charge is -2.17. The highest BCUT2D eigenvalue weighted by atomic mass is 16.3. The number of benzene rings is 2. The van der Waals surface area contributed by atoms with E-state index in [1.165, 1.54) is 11.1 Å². The summed E-state index contributed by atoms with van der Waals surface area (Å²) < 4.78 is 0. The van der Waals surface area contributed by atoms with Crippen LogP contribution in [0, 0.1) is 19.8 Å². The van der Waals surface area contributed by atoms with Crippen molar-refractivity contribution < 1.29 is 9.90 Å². The van der Waals surface area contributed by atoms with Crippen molar-refractivity contribution in [3.63, 3.8) is 0 Å². The Kier molecular flexibility index (Phi) is 4.75. The summed E-state index contributed by atoms with van der Waals surface area (Å²) in [5.41, 5.74) is 6.41. The number of carbonyl (C=O) groups is 1. The Balaban J connectivity index is 1.46. The number of fused-ring (bicyclic) bond motifs is 1. The van der Waals surface area contributed by atoms with Crippen LogP contribution in [0.1, 0.15) is 39.2 Å². The van der Waals surface area contributed by atoms with Crippen molar-refractivity contribution in [3.8, 4) is 0 Å². The average Bonchev–Trinajstić information content (AvgIpc) is 3.26. The molecule has 2 N–H and O–H groups in total. The molecule has 2 heterocycles. The zero-order valence-electron chi connectivity index (χ0n) is 16.0. The molecule has 1 atom stereocenters. The third-order valence-electron chi connectivity index (χ3n) is 5.83. The Morgan fingerprint density at radius 3 is 2.81 bits per heavy atom. The number of aromatic nitrogens is 1. The van der Waals surface area contributed by atoms with E-state index in [0.717, 1.165) is 53.7 Å². The van der Waals surface area contributed by atoms with Gasteiger partial charge in [0.05, 0.1) is 6.61 Å². The van der Waals surface area contributed by atoms with Gasteiger partial charge in [-0.05, 0) is 67.5 Å². The number of hydrogen-bond donors (Lipinski definition) is 2. The standard InChI is InChI=1S/C23H26N2O2/c1-15-16(2)24-22-7-6-20(12-21(15)22)23(27)25-9-8-18(13-25)10-17-4-3-5-19(11-17)14-26/h3-7,11-12,18,24,26H,8-10,13-14H2,1-2H3. The molecule has 0 spiro atoms. The van der Waals surface area contributed by atoms with Crippen LogP contribution in [-0.4, -0.2) is 34.0 Å². The molecular weight excluding hydrogens is 336 g/mol. The van der Waals surface area contributed by atoms with Gasteiger partial charge < -0.3 is 15.0 Å². The Hall–Kier alpha value is -2.59. The predicted octanol–water partition coefficient (Wildman–Crippen LogP) is 3.98. The van der Waals surface area contributed by atoms with Gasteiger partial charge in [-0.25, -0.2) is 0 Å². The van der Waals surface area contributed by atoms with Crippen LogP contribution in [0.4, 0.5) is 0 Å². The zero-order chi connectivity index (χ0) is 19.0. The third-order valence-corrected chi connectivity index (χ3v) is 5.83. The van der Waals surface area contributed by atoms with E-state index in [2.05, 4.69) is 31.0 Å². The number of likely N-dealkylation sites (tertiary alicyclic amines) is 1. The fraction of sp³-hybridized carbons (Fsp3) is 0.348. The van der Waals surface area contributed by atoms with Gasteiger partial charge in [0.1, 0.15) is 0 Å². The molecule has 1 saturated heterocycles. The Morgan fingerprint density at radius 2 is 2.00 bits per heavy atom. The first-order valence-corrected chi connectivity index (χ1v) is 9.62. The van der Waals surface area contributed by atoms with Crippen molar-refractivity contribution >= 4 is 16.8 Å². The largest absolute Gasteiger partial charge is 0.392 e. The number of aryl methyl sites for hydroxylation is 2. The lowest BCUT2D eigenvalue weighted by atomic mass is 9.97. The minimum atomic E-state index is 0.0731. The van der Waals surface area contributed by atoms with Crippen LogP contribution in [0.3, 0.4) is 0 Å². The van der Waals surface area contributed by atoms with Gasteiger partial charge in [-0.3, -0.25) is 4.79 Å². The molecule has 2 aromatic carbocycles. The first-order valence-electron chi connectivity index (χ1n) is 9.62. The maximum atomic E-state index is 13.0. The number of aliphatic hydroxyl groups is 1. The molecule has 0 bridgehead atoms. The quantitative estimate of drug-likeness (QED) is 0.737. The molecule has 3 aromatic rings. The van der Waals surface area contributed by atoms with Crippen LogP contribution in [-0.2, 0) is 13.0 Å². The van der Waals surface area contributed by atoms with E-state index in [9.17, 15) is 9.90 Å². The van der Waals surface area contributed by atoms with Crippen LogP contribution in [0.2, 0.25) is 0 Å². The van der Waals surface area contributed by atoms with E-state index < -0.39 is 0 Å². The molecule has 1 unspecified atom stereocenters. The molecule has 4 heteroatoms. The molecule has 4 nitrogen and oxygen atoms in total. The summed E-state index contributed by atoms with van der Waals surface area (Å²) in [6.07, 6.45) is 1.98. The highest BCUT2D eigenvalue weighted by molar-refractivity contribution is 5.99. The third kappa shape index (κ3) is 3.50. The van der Waals surface area contributed by atoms with Gasteiger partial charge in [0.25, 0.3) is 5.91 Å². The van der Waals surface area contributed by atoms with E-state index in [-0.39, 0.29) is 12.5 Å².